The molecule has 2 heterocycles. The zero-order chi connectivity index (χ0) is 16.2. The SMILES string of the molecule is NC(=O)c1cc(-c2ccccc2)sc1NC(=O)[C@H]1COCCO1. The van der Waals surface area contributed by atoms with E-state index in [0.717, 1.165) is 10.4 Å². The summed E-state index contributed by atoms with van der Waals surface area (Å²) in [4.78, 5) is 24.7. The maximum absolute atomic E-state index is 12.2. The van der Waals surface area contributed by atoms with Gasteiger partial charge in [-0.15, -0.1) is 11.3 Å². The van der Waals surface area contributed by atoms with Crippen LogP contribution in [-0.4, -0.2) is 37.7 Å². The van der Waals surface area contributed by atoms with Gasteiger partial charge < -0.3 is 20.5 Å². The first-order valence-electron chi connectivity index (χ1n) is 7.14. The fourth-order valence-corrected chi connectivity index (χ4v) is 3.31. The summed E-state index contributed by atoms with van der Waals surface area (Å²) in [5.74, 6) is -0.923. The Morgan fingerprint density at radius 2 is 2.00 bits per heavy atom. The molecular weight excluding hydrogens is 316 g/mol. The number of thiophene rings is 1. The van der Waals surface area contributed by atoms with Gasteiger partial charge in [0, 0.05) is 4.88 Å². The highest BCUT2D eigenvalue weighted by molar-refractivity contribution is 7.20. The fourth-order valence-electron chi connectivity index (χ4n) is 2.24. The number of amides is 2. The van der Waals surface area contributed by atoms with E-state index < -0.39 is 12.0 Å². The number of anilines is 1. The molecule has 3 rings (SSSR count). The van der Waals surface area contributed by atoms with Crippen LogP contribution in [-0.2, 0) is 14.3 Å². The molecule has 1 atom stereocenters. The van der Waals surface area contributed by atoms with Crippen LogP contribution in [0.1, 0.15) is 10.4 Å². The van der Waals surface area contributed by atoms with Crippen molar-refractivity contribution in [3.05, 3.63) is 42.0 Å². The van der Waals surface area contributed by atoms with E-state index in [-0.39, 0.29) is 12.5 Å². The van der Waals surface area contributed by atoms with E-state index in [1.165, 1.54) is 11.3 Å². The van der Waals surface area contributed by atoms with Gasteiger partial charge in [0.1, 0.15) is 5.00 Å². The number of rotatable bonds is 4. The van der Waals surface area contributed by atoms with Crippen LogP contribution < -0.4 is 11.1 Å². The number of carbonyl (C=O) groups is 2. The molecule has 0 saturated carbocycles. The predicted octanol–water partition coefficient (Wildman–Crippen LogP) is 1.87. The summed E-state index contributed by atoms with van der Waals surface area (Å²) in [5, 5.41) is 3.15. The zero-order valence-electron chi connectivity index (χ0n) is 12.3. The number of nitrogens with two attached hydrogens (primary N) is 1. The van der Waals surface area contributed by atoms with Gasteiger partial charge in [0.2, 0.25) is 0 Å². The maximum Gasteiger partial charge on any atom is 0.256 e. The Balaban J connectivity index is 1.84. The molecule has 0 bridgehead atoms. The smallest absolute Gasteiger partial charge is 0.256 e. The van der Waals surface area contributed by atoms with Crippen molar-refractivity contribution in [3.63, 3.8) is 0 Å². The van der Waals surface area contributed by atoms with E-state index in [9.17, 15) is 9.59 Å². The number of hydrogen-bond donors (Lipinski definition) is 2. The minimum atomic E-state index is -0.674. The Labute approximate surface area is 137 Å². The minimum Gasteiger partial charge on any atom is -0.376 e. The molecule has 0 radical (unpaired) electrons. The van der Waals surface area contributed by atoms with Crippen LogP contribution in [0.2, 0.25) is 0 Å². The maximum atomic E-state index is 12.2. The molecule has 1 aromatic heterocycles. The quantitative estimate of drug-likeness (QED) is 0.894. The van der Waals surface area contributed by atoms with E-state index in [1.807, 2.05) is 30.3 Å². The first-order chi connectivity index (χ1) is 11.1. The molecule has 23 heavy (non-hydrogen) atoms. The Bertz CT molecular complexity index is 708. The first-order valence-corrected chi connectivity index (χ1v) is 7.96. The van der Waals surface area contributed by atoms with E-state index in [1.54, 1.807) is 6.07 Å². The van der Waals surface area contributed by atoms with Gasteiger partial charge in [-0.2, -0.15) is 0 Å². The van der Waals surface area contributed by atoms with Gasteiger partial charge in [-0.3, -0.25) is 9.59 Å². The summed E-state index contributed by atoms with van der Waals surface area (Å²) in [5.41, 5.74) is 6.67. The summed E-state index contributed by atoms with van der Waals surface area (Å²) in [7, 11) is 0. The standard InChI is InChI=1S/C16H16N2O4S/c17-14(19)11-8-13(10-4-2-1-3-5-10)23-16(11)18-15(20)12-9-21-6-7-22-12/h1-5,8,12H,6-7,9H2,(H2,17,19)(H,18,20)/t12-/m1/s1. The predicted molar refractivity (Wildman–Crippen MR) is 87.5 cm³/mol. The van der Waals surface area contributed by atoms with Crippen molar-refractivity contribution >= 4 is 28.2 Å². The molecule has 0 aliphatic carbocycles. The van der Waals surface area contributed by atoms with E-state index in [4.69, 9.17) is 15.2 Å². The normalized spacial score (nSPS) is 17.7. The highest BCUT2D eigenvalue weighted by atomic mass is 32.1. The van der Waals surface area contributed by atoms with Crippen molar-refractivity contribution in [2.75, 3.05) is 25.1 Å². The Hall–Kier alpha value is -2.22. The van der Waals surface area contributed by atoms with Gasteiger partial charge >= 0.3 is 0 Å². The second-order valence-electron chi connectivity index (χ2n) is 5.01. The molecule has 2 amide bonds. The van der Waals surface area contributed by atoms with Crippen LogP contribution in [0, 0.1) is 0 Å². The van der Waals surface area contributed by atoms with Crippen molar-refractivity contribution in [1.29, 1.82) is 0 Å². The Morgan fingerprint density at radius 3 is 2.65 bits per heavy atom. The first kappa shape index (κ1) is 15.7. The van der Waals surface area contributed by atoms with E-state index in [0.29, 0.717) is 23.8 Å². The van der Waals surface area contributed by atoms with Crippen molar-refractivity contribution in [1.82, 2.24) is 0 Å². The molecule has 1 saturated heterocycles. The average molecular weight is 332 g/mol. The van der Waals surface area contributed by atoms with Crippen molar-refractivity contribution in [2.45, 2.75) is 6.10 Å². The molecular formula is C16H16N2O4S. The molecule has 6 nitrogen and oxygen atoms in total. The lowest BCUT2D eigenvalue weighted by molar-refractivity contribution is -0.142. The monoisotopic (exact) mass is 332 g/mol. The van der Waals surface area contributed by atoms with Crippen molar-refractivity contribution in [3.8, 4) is 10.4 Å². The summed E-state index contributed by atoms with van der Waals surface area (Å²) in [6.45, 7) is 1.06. The molecule has 7 heteroatoms. The molecule has 120 valence electrons. The molecule has 0 unspecified atom stereocenters. The van der Waals surface area contributed by atoms with Crippen LogP contribution in [0.15, 0.2) is 36.4 Å². The summed E-state index contributed by atoms with van der Waals surface area (Å²) in [6.07, 6.45) is -0.674. The van der Waals surface area contributed by atoms with Gasteiger partial charge in [0.05, 0.1) is 25.4 Å². The van der Waals surface area contributed by atoms with E-state index in [2.05, 4.69) is 5.32 Å². The third-order valence-corrected chi connectivity index (χ3v) is 4.50. The van der Waals surface area contributed by atoms with Crippen LogP contribution in [0.4, 0.5) is 5.00 Å². The Kier molecular flexibility index (Phi) is 4.71. The topological polar surface area (TPSA) is 90.7 Å². The van der Waals surface area contributed by atoms with Gasteiger partial charge in [0.15, 0.2) is 6.10 Å². The molecule has 1 aliphatic rings. The molecule has 1 fully saturated rings. The van der Waals surface area contributed by atoms with Gasteiger partial charge in [0.25, 0.3) is 11.8 Å². The largest absolute Gasteiger partial charge is 0.376 e. The van der Waals surface area contributed by atoms with Crippen LogP contribution in [0.5, 0.6) is 0 Å². The fraction of sp³-hybridized carbons (Fsp3) is 0.250. The number of nitrogens with one attached hydrogen (secondary N) is 1. The lowest BCUT2D eigenvalue weighted by Gasteiger charge is -2.21. The van der Waals surface area contributed by atoms with Crippen LogP contribution in [0.25, 0.3) is 10.4 Å². The number of carbonyl (C=O) groups excluding carboxylic acids is 2. The third-order valence-electron chi connectivity index (χ3n) is 3.40. The molecule has 2 aromatic rings. The summed E-state index contributed by atoms with van der Waals surface area (Å²) in [6, 6.07) is 11.3. The highest BCUT2D eigenvalue weighted by Gasteiger charge is 2.25. The Morgan fingerprint density at radius 1 is 1.22 bits per heavy atom. The number of benzene rings is 1. The molecule has 1 aliphatic heterocycles. The molecule has 3 N–H and O–H groups in total. The number of hydrogen-bond acceptors (Lipinski definition) is 5. The van der Waals surface area contributed by atoms with Gasteiger partial charge in [-0.25, -0.2) is 0 Å². The van der Waals surface area contributed by atoms with Crippen molar-refractivity contribution in [2.24, 2.45) is 5.73 Å². The lowest BCUT2D eigenvalue weighted by Crippen LogP contribution is -2.39. The third kappa shape index (κ3) is 3.58. The average Bonchev–Trinajstić information content (AvgIpc) is 3.00. The summed E-state index contributed by atoms with van der Waals surface area (Å²) >= 11 is 1.30. The number of primary amides is 1. The summed E-state index contributed by atoms with van der Waals surface area (Å²) < 4.78 is 10.6. The highest BCUT2D eigenvalue weighted by Crippen LogP contribution is 2.35. The van der Waals surface area contributed by atoms with Gasteiger partial charge in [-0.1, -0.05) is 30.3 Å². The molecule has 1 aromatic carbocycles. The minimum absolute atomic E-state index is 0.203. The second kappa shape index (κ2) is 6.91. The number of ether oxygens (including phenoxy) is 2. The van der Waals surface area contributed by atoms with E-state index >= 15 is 0 Å². The molecule has 0 spiro atoms. The van der Waals surface area contributed by atoms with Crippen molar-refractivity contribution < 1.29 is 19.1 Å². The van der Waals surface area contributed by atoms with Crippen LogP contribution in [0.3, 0.4) is 0 Å². The second-order valence-corrected chi connectivity index (χ2v) is 6.06. The van der Waals surface area contributed by atoms with Crippen LogP contribution >= 0.6 is 11.3 Å². The lowest BCUT2D eigenvalue weighted by atomic mass is 10.1. The zero-order valence-corrected chi connectivity index (χ0v) is 13.1. The van der Waals surface area contributed by atoms with Gasteiger partial charge in [-0.05, 0) is 11.6 Å².